The number of rotatable bonds is 5. The average molecular weight is 369 g/mol. The van der Waals surface area contributed by atoms with Crippen LogP contribution in [0.3, 0.4) is 0 Å². The minimum atomic E-state index is 0.381. The second-order valence-electron chi connectivity index (χ2n) is 7.06. The first-order valence-corrected chi connectivity index (χ1v) is 9.69. The highest BCUT2D eigenvalue weighted by Crippen LogP contribution is 2.23. The molecular weight excluding hydrogens is 342 g/mol. The molecule has 2 aliphatic rings. The Kier molecular flexibility index (Phi) is 5.33. The Hall–Kier alpha value is -2.48. The van der Waals surface area contributed by atoms with Crippen LogP contribution in [0.5, 0.6) is 0 Å². The number of morpholine rings is 1. The molecule has 0 radical (unpaired) electrons. The van der Waals surface area contributed by atoms with E-state index in [1.807, 2.05) is 24.7 Å². The fourth-order valence-electron chi connectivity index (χ4n) is 3.57. The van der Waals surface area contributed by atoms with Crippen molar-refractivity contribution in [2.24, 2.45) is 0 Å². The van der Waals surface area contributed by atoms with Gasteiger partial charge in [0.05, 0.1) is 13.2 Å². The van der Waals surface area contributed by atoms with Gasteiger partial charge in [0.1, 0.15) is 5.82 Å². The van der Waals surface area contributed by atoms with Crippen molar-refractivity contribution in [3.63, 3.8) is 0 Å². The third-order valence-electron chi connectivity index (χ3n) is 5.38. The Morgan fingerprint density at radius 3 is 2.59 bits per heavy atom. The highest BCUT2D eigenvalue weighted by Gasteiger charge is 2.28. The zero-order valence-electron chi connectivity index (χ0n) is 16.1. The first-order valence-electron chi connectivity index (χ1n) is 9.69. The third kappa shape index (κ3) is 3.95. The first kappa shape index (κ1) is 17.9. The quantitative estimate of drug-likeness (QED) is 0.783. The van der Waals surface area contributed by atoms with Crippen LogP contribution >= 0.6 is 0 Å². The van der Waals surface area contributed by atoms with Gasteiger partial charge in [-0.25, -0.2) is 15.0 Å². The van der Waals surface area contributed by atoms with E-state index in [0.29, 0.717) is 6.04 Å². The maximum atomic E-state index is 5.42. The number of aryl methyl sites for hydroxylation is 1. The summed E-state index contributed by atoms with van der Waals surface area (Å²) in [5.74, 6) is 2.57. The molecular formula is C19H27N7O. The maximum absolute atomic E-state index is 5.42. The largest absolute Gasteiger partial charge is 0.378 e. The third-order valence-corrected chi connectivity index (χ3v) is 5.38. The summed E-state index contributed by atoms with van der Waals surface area (Å²) >= 11 is 0. The van der Waals surface area contributed by atoms with Crippen LogP contribution in [-0.4, -0.2) is 72.4 Å². The van der Waals surface area contributed by atoms with Gasteiger partial charge in [-0.3, -0.25) is 0 Å². The number of aromatic nitrogens is 4. The van der Waals surface area contributed by atoms with Gasteiger partial charge in [-0.05, 0) is 24.5 Å². The molecule has 4 rings (SSSR count). The molecule has 2 aromatic heterocycles. The zero-order chi connectivity index (χ0) is 18.6. The number of nitrogens with zero attached hydrogens (tertiary/aromatic N) is 7. The Morgan fingerprint density at radius 1 is 1.07 bits per heavy atom. The maximum Gasteiger partial charge on any atom is 0.227 e. The molecule has 2 aromatic rings. The Balaban J connectivity index is 1.43. The highest BCUT2D eigenvalue weighted by atomic mass is 16.5. The number of ether oxygens (including phenoxy) is 1. The monoisotopic (exact) mass is 369 g/mol. The van der Waals surface area contributed by atoms with Gasteiger partial charge in [-0.15, -0.1) is 0 Å². The lowest BCUT2D eigenvalue weighted by atomic mass is 10.2. The second kappa shape index (κ2) is 8.04. The van der Waals surface area contributed by atoms with Crippen molar-refractivity contribution in [3.05, 3.63) is 30.2 Å². The highest BCUT2D eigenvalue weighted by molar-refractivity contribution is 5.46. The van der Waals surface area contributed by atoms with Crippen LogP contribution in [0.4, 0.5) is 17.7 Å². The number of hydrogen-bond donors (Lipinski definition) is 0. The SMILES string of the molecule is CCc1cnc(N2CCC(N(C)c3ccnc(N4CCOCC4)n3)C2)nc1. The second-order valence-corrected chi connectivity index (χ2v) is 7.06. The molecule has 2 saturated heterocycles. The van der Waals surface area contributed by atoms with E-state index in [4.69, 9.17) is 9.72 Å². The van der Waals surface area contributed by atoms with Crippen LogP contribution in [0.15, 0.2) is 24.7 Å². The topological polar surface area (TPSA) is 70.5 Å². The molecule has 0 spiro atoms. The summed E-state index contributed by atoms with van der Waals surface area (Å²) in [6.07, 6.45) is 7.73. The van der Waals surface area contributed by atoms with Gasteiger partial charge in [0, 0.05) is 57.9 Å². The van der Waals surface area contributed by atoms with Crippen molar-refractivity contribution in [3.8, 4) is 0 Å². The predicted octanol–water partition coefficient (Wildman–Crippen LogP) is 1.38. The molecule has 1 unspecified atom stereocenters. The minimum absolute atomic E-state index is 0.381. The normalized spacial score (nSPS) is 20.1. The van der Waals surface area contributed by atoms with Crippen LogP contribution in [0.25, 0.3) is 0 Å². The van der Waals surface area contributed by atoms with Crippen molar-refractivity contribution >= 4 is 17.7 Å². The molecule has 8 nitrogen and oxygen atoms in total. The summed E-state index contributed by atoms with van der Waals surface area (Å²) in [7, 11) is 2.11. The van der Waals surface area contributed by atoms with Crippen molar-refractivity contribution in [2.45, 2.75) is 25.8 Å². The van der Waals surface area contributed by atoms with Crippen molar-refractivity contribution in [2.75, 3.05) is 61.1 Å². The van der Waals surface area contributed by atoms with Crippen LogP contribution in [0.1, 0.15) is 18.9 Å². The van der Waals surface area contributed by atoms with Crippen molar-refractivity contribution in [1.29, 1.82) is 0 Å². The molecule has 2 aliphatic heterocycles. The number of anilines is 3. The van der Waals surface area contributed by atoms with E-state index in [2.05, 4.69) is 43.6 Å². The van der Waals surface area contributed by atoms with Gasteiger partial charge in [0.25, 0.3) is 0 Å². The molecule has 0 aromatic carbocycles. The minimum Gasteiger partial charge on any atom is -0.378 e. The lowest BCUT2D eigenvalue weighted by Crippen LogP contribution is -2.38. The summed E-state index contributed by atoms with van der Waals surface area (Å²) in [5.41, 5.74) is 1.17. The molecule has 0 saturated carbocycles. The fraction of sp³-hybridized carbons (Fsp3) is 0.579. The van der Waals surface area contributed by atoms with E-state index in [9.17, 15) is 0 Å². The van der Waals surface area contributed by atoms with Gasteiger partial charge < -0.3 is 19.4 Å². The first-order chi connectivity index (χ1) is 13.2. The summed E-state index contributed by atoms with van der Waals surface area (Å²) in [5, 5.41) is 0. The van der Waals surface area contributed by atoms with E-state index >= 15 is 0 Å². The Labute approximate surface area is 160 Å². The molecule has 1 atom stereocenters. The van der Waals surface area contributed by atoms with Gasteiger partial charge in [-0.2, -0.15) is 4.98 Å². The summed E-state index contributed by atoms with van der Waals surface area (Å²) < 4.78 is 5.42. The smallest absolute Gasteiger partial charge is 0.227 e. The van der Waals surface area contributed by atoms with Crippen molar-refractivity contribution < 1.29 is 4.74 Å². The van der Waals surface area contributed by atoms with Gasteiger partial charge in [0.15, 0.2) is 0 Å². The lowest BCUT2D eigenvalue weighted by molar-refractivity contribution is 0.122. The van der Waals surface area contributed by atoms with Gasteiger partial charge in [0.2, 0.25) is 11.9 Å². The van der Waals surface area contributed by atoms with Crippen LogP contribution in [0, 0.1) is 0 Å². The molecule has 4 heterocycles. The standard InChI is InChI=1S/C19H27N7O/c1-3-15-12-21-18(22-13-15)26-7-5-16(14-26)24(2)17-4-6-20-19(23-17)25-8-10-27-11-9-25/h4,6,12-13,16H,3,5,7-11,14H2,1-2H3. The van der Waals surface area contributed by atoms with Crippen LogP contribution in [0.2, 0.25) is 0 Å². The zero-order valence-corrected chi connectivity index (χ0v) is 16.1. The molecule has 0 aliphatic carbocycles. The van der Waals surface area contributed by atoms with Crippen LogP contribution in [-0.2, 0) is 11.2 Å². The van der Waals surface area contributed by atoms with E-state index in [0.717, 1.165) is 69.9 Å². The Morgan fingerprint density at radius 2 is 1.85 bits per heavy atom. The molecule has 27 heavy (non-hydrogen) atoms. The lowest BCUT2D eigenvalue weighted by Gasteiger charge is -2.29. The van der Waals surface area contributed by atoms with E-state index in [1.165, 1.54) is 5.56 Å². The fourth-order valence-corrected chi connectivity index (χ4v) is 3.57. The van der Waals surface area contributed by atoms with Crippen LogP contribution < -0.4 is 14.7 Å². The molecule has 0 amide bonds. The molecule has 0 N–H and O–H groups in total. The number of hydrogen-bond acceptors (Lipinski definition) is 8. The number of likely N-dealkylation sites (N-methyl/N-ethyl adjacent to an activating group) is 1. The molecule has 2 fully saturated rings. The van der Waals surface area contributed by atoms with Crippen molar-refractivity contribution in [1.82, 2.24) is 19.9 Å². The molecule has 0 bridgehead atoms. The van der Waals surface area contributed by atoms with E-state index in [1.54, 1.807) is 0 Å². The predicted molar refractivity (Wildman–Crippen MR) is 105 cm³/mol. The van der Waals surface area contributed by atoms with Gasteiger partial charge >= 0.3 is 0 Å². The van der Waals surface area contributed by atoms with E-state index in [-0.39, 0.29) is 0 Å². The van der Waals surface area contributed by atoms with Gasteiger partial charge in [-0.1, -0.05) is 6.92 Å². The Bertz CT molecular complexity index is 748. The summed E-state index contributed by atoms with van der Waals surface area (Å²) in [4.78, 5) is 25.0. The summed E-state index contributed by atoms with van der Waals surface area (Å²) in [6, 6.07) is 2.37. The molecule has 8 heteroatoms. The summed E-state index contributed by atoms with van der Waals surface area (Å²) in [6.45, 7) is 7.13. The molecule has 144 valence electrons. The van der Waals surface area contributed by atoms with E-state index < -0.39 is 0 Å². The average Bonchev–Trinajstić information content (AvgIpc) is 3.24.